The van der Waals surface area contributed by atoms with E-state index in [-0.39, 0.29) is 5.78 Å². The van der Waals surface area contributed by atoms with Crippen LogP contribution in [0.2, 0.25) is 10.0 Å². The molecule has 0 heterocycles. The second-order valence-corrected chi connectivity index (χ2v) is 5.99. The highest BCUT2D eigenvalue weighted by atomic mass is 79.9. The number of aryl methyl sites for hydroxylation is 2. The van der Waals surface area contributed by atoms with Gasteiger partial charge in [0, 0.05) is 15.6 Å². The van der Waals surface area contributed by atoms with Gasteiger partial charge in [-0.15, -0.1) is 0 Å². The van der Waals surface area contributed by atoms with Crippen LogP contribution in [-0.2, 0) is 0 Å². The monoisotopic (exact) mass is 356 g/mol. The molecule has 0 unspecified atom stereocenters. The van der Waals surface area contributed by atoms with Crippen molar-refractivity contribution in [3.8, 4) is 0 Å². The van der Waals surface area contributed by atoms with Gasteiger partial charge in [-0.1, -0.05) is 45.2 Å². The Morgan fingerprint density at radius 2 is 1.74 bits per heavy atom. The lowest BCUT2D eigenvalue weighted by molar-refractivity contribution is 0.103. The standard InChI is InChI=1S/C15H11BrCl2O/c1-8-7-12(16)9(2)6-11(8)15(19)10-4-3-5-13(17)14(10)18/h3-7H,1-2H3. The Kier molecular flexibility index (Phi) is 4.34. The highest BCUT2D eigenvalue weighted by molar-refractivity contribution is 9.10. The number of rotatable bonds is 2. The Morgan fingerprint density at radius 1 is 1.05 bits per heavy atom. The van der Waals surface area contributed by atoms with E-state index in [1.54, 1.807) is 18.2 Å². The molecule has 0 spiro atoms. The van der Waals surface area contributed by atoms with E-state index in [0.29, 0.717) is 21.2 Å². The fourth-order valence-electron chi connectivity index (χ4n) is 1.85. The second kappa shape index (κ2) is 5.66. The van der Waals surface area contributed by atoms with E-state index in [1.807, 2.05) is 26.0 Å². The van der Waals surface area contributed by atoms with E-state index in [1.165, 1.54) is 0 Å². The average molecular weight is 358 g/mol. The van der Waals surface area contributed by atoms with Gasteiger partial charge in [0.25, 0.3) is 0 Å². The molecule has 0 saturated heterocycles. The first-order valence-corrected chi connectivity index (χ1v) is 7.22. The SMILES string of the molecule is Cc1cc(C(=O)c2cccc(Cl)c2Cl)c(C)cc1Br. The van der Waals surface area contributed by atoms with Gasteiger partial charge in [-0.05, 0) is 49.2 Å². The smallest absolute Gasteiger partial charge is 0.194 e. The maximum Gasteiger partial charge on any atom is 0.194 e. The average Bonchev–Trinajstić information content (AvgIpc) is 2.36. The van der Waals surface area contributed by atoms with Crippen LogP contribution in [0.25, 0.3) is 0 Å². The van der Waals surface area contributed by atoms with Crippen molar-refractivity contribution in [2.24, 2.45) is 0 Å². The van der Waals surface area contributed by atoms with Crippen molar-refractivity contribution in [3.63, 3.8) is 0 Å². The summed E-state index contributed by atoms with van der Waals surface area (Å²) in [5.74, 6) is -0.111. The first-order chi connectivity index (χ1) is 8.91. The van der Waals surface area contributed by atoms with Gasteiger partial charge >= 0.3 is 0 Å². The molecule has 0 aliphatic carbocycles. The molecule has 1 nitrogen and oxygen atoms in total. The molecule has 0 N–H and O–H groups in total. The van der Waals surface area contributed by atoms with Crippen molar-refractivity contribution in [3.05, 3.63) is 67.1 Å². The van der Waals surface area contributed by atoms with Crippen LogP contribution >= 0.6 is 39.1 Å². The third-order valence-corrected chi connectivity index (χ3v) is 4.62. The first-order valence-electron chi connectivity index (χ1n) is 5.67. The topological polar surface area (TPSA) is 17.1 Å². The van der Waals surface area contributed by atoms with Crippen LogP contribution in [0.3, 0.4) is 0 Å². The zero-order chi connectivity index (χ0) is 14.2. The van der Waals surface area contributed by atoms with Gasteiger partial charge in [0.15, 0.2) is 5.78 Å². The number of carbonyl (C=O) groups is 1. The molecule has 2 rings (SSSR count). The van der Waals surface area contributed by atoms with Crippen molar-refractivity contribution < 1.29 is 4.79 Å². The molecule has 0 atom stereocenters. The van der Waals surface area contributed by atoms with Gasteiger partial charge in [0.1, 0.15) is 0 Å². The largest absolute Gasteiger partial charge is 0.289 e. The molecule has 98 valence electrons. The fourth-order valence-corrected chi connectivity index (χ4v) is 2.69. The highest BCUT2D eigenvalue weighted by Gasteiger charge is 2.17. The maximum atomic E-state index is 12.5. The summed E-state index contributed by atoms with van der Waals surface area (Å²) in [5, 5.41) is 0.688. The summed E-state index contributed by atoms with van der Waals surface area (Å²) >= 11 is 15.5. The third kappa shape index (κ3) is 2.86. The molecule has 0 fully saturated rings. The molecule has 0 bridgehead atoms. The molecule has 4 heteroatoms. The Balaban J connectivity index is 2.56. The summed E-state index contributed by atoms with van der Waals surface area (Å²) in [4.78, 5) is 12.5. The maximum absolute atomic E-state index is 12.5. The van der Waals surface area contributed by atoms with E-state index in [2.05, 4.69) is 15.9 Å². The molecule has 19 heavy (non-hydrogen) atoms. The quantitative estimate of drug-likeness (QED) is 0.639. The van der Waals surface area contributed by atoms with Crippen LogP contribution in [0.4, 0.5) is 0 Å². The number of hydrogen-bond donors (Lipinski definition) is 0. The zero-order valence-corrected chi connectivity index (χ0v) is 13.5. The third-order valence-electron chi connectivity index (χ3n) is 2.95. The van der Waals surface area contributed by atoms with Crippen LogP contribution in [0, 0.1) is 13.8 Å². The number of halogens is 3. The summed E-state index contributed by atoms with van der Waals surface area (Å²) in [6, 6.07) is 8.87. The van der Waals surface area contributed by atoms with Crippen molar-refractivity contribution in [2.45, 2.75) is 13.8 Å². The lowest BCUT2D eigenvalue weighted by atomic mass is 9.97. The van der Waals surface area contributed by atoms with Crippen LogP contribution < -0.4 is 0 Å². The lowest BCUT2D eigenvalue weighted by Crippen LogP contribution is -2.05. The minimum Gasteiger partial charge on any atom is -0.289 e. The minimum atomic E-state index is -0.111. The minimum absolute atomic E-state index is 0.111. The summed E-state index contributed by atoms with van der Waals surface area (Å²) in [6.45, 7) is 3.84. The van der Waals surface area contributed by atoms with Gasteiger partial charge in [0.05, 0.1) is 10.0 Å². The second-order valence-electron chi connectivity index (χ2n) is 4.35. The first kappa shape index (κ1) is 14.6. The fraction of sp³-hybridized carbons (Fsp3) is 0.133. The summed E-state index contributed by atoms with van der Waals surface area (Å²) in [5.41, 5.74) is 2.98. The van der Waals surface area contributed by atoms with Crippen LogP contribution in [-0.4, -0.2) is 5.78 Å². The Hall–Kier alpha value is -0.830. The number of carbonyl (C=O) groups excluding carboxylic acids is 1. The highest BCUT2D eigenvalue weighted by Crippen LogP contribution is 2.29. The van der Waals surface area contributed by atoms with Crippen molar-refractivity contribution >= 4 is 44.9 Å². The molecular formula is C15H11BrCl2O. The Bertz CT molecular complexity index is 665. The Labute approximate surface area is 130 Å². The van der Waals surface area contributed by atoms with Gasteiger partial charge in [-0.2, -0.15) is 0 Å². The predicted octanol–water partition coefficient (Wildman–Crippen LogP) is 5.60. The van der Waals surface area contributed by atoms with Gasteiger partial charge < -0.3 is 0 Å². The van der Waals surface area contributed by atoms with E-state index in [9.17, 15) is 4.79 Å². The summed E-state index contributed by atoms with van der Waals surface area (Å²) in [7, 11) is 0. The van der Waals surface area contributed by atoms with E-state index in [0.717, 1.165) is 15.6 Å². The van der Waals surface area contributed by atoms with Gasteiger partial charge in [-0.25, -0.2) is 0 Å². The summed E-state index contributed by atoms with van der Waals surface area (Å²) < 4.78 is 0.985. The molecule has 0 aromatic heterocycles. The molecule has 2 aromatic carbocycles. The predicted molar refractivity (Wildman–Crippen MR) is 83.5 cm³/mol. The zero-order valence-electron chi connectivity index (χ0n) is 10.4. The number of hydrogen-bond acceptors (Lipinski definition) is 1. The van der Waals surface area contributed by atoms with Gasteiger partial charge in [-0.3, -0.25) is 4.79 Å². The number of benzene rings is 2. The normalized spacial score (nSPS) is 10.6. The van der Waals surface area contributed by atoms with Crippen molar-refractivity contribution in [2.75, 3.05) is 0 Å². The number of ketones is 1. The van der Waals surface area contributed by atoms with E-state index in [4.69, 9.17) is 23.2 Å². The molecule has 0 amide bonds. The van der Waals surface area contributed by atoms with Crippen LogP contribution in [0.1, 0.15) is 27.0 Å². The molecule has 0 aliphatic heterocycles. The van der Waals surface area contributed by atoms with Gasteiger partial charge in [0.2, 0.25) is 0 Å². The van der Waals surface area contributed by atoms with Crippen molar-refractivity contribution in [1.82, 2.24) is 0 Å². The molecule has 0 radical (unpaired) electrons. The molecular weight excluding hydrogens is 347 g/mol. The Morgan fingerprint density at radius 3 is 2.42 bits per heavy atom. The molecule has 0 aliphatic rings. The van der Waals surface area contributed by atoms with E-state index < -0.39 is 0 Å². The van der Waals surface area contributed by atoms with Crippen molar-refractivity contribution in [1.29, 1.82) is 0 Å². The van der Waals surface area contributed by atoms with E-state index >= 15 is 0 Å². The van der Waals surface area contributed by atoms with Crippen LogP contribution in [0.5, 0.6) is 0 Å². The summed E-state index contributed by atoms with van der Waals surface area (Å²) in [6.07, 6.45) is 0. The molecule has 2 aromatic rings. The lowest BCUT2D eigenvalue weighted by Gasteiger charge is -2.10. The van der Waals surface area contributed by atoms with Crippen LogP contribution in [0.15, 0.2) is 34.8 Å². The molecule has 0 saturated carbocycles.